The third kappa shape index (κ3) is 4.56. The molecule has 0 unspecified atom stereocenters. The number of anilines is 1. The highest BCUT2D eigenvalue weighted by atomic mass is 32.2. The highest BCUT2D eigenvalue weighted by Crippen LogP contribution is 2.31. The second-order valence-electron chi connectivity index (χ2n) is 6.88. The van der Waals surface area contributed by atoms with Crippen LogP contribution >= 0.6 is 23.1 Å². The van der Waals surface area contributed by atoms with Gasteiger partial charge in [0.05, 0.1) is 5.75 Å². The van der Waals surface area contributed by atoms with Gasteiger partial charge in [-0.15, -0.1) is 21.5 Å². The van der Waals surface area contributed by atoms with E-state index in [1.54, 1.807) is 11.3 Å². The zero-order chi connectivity index (χ0) is 21.0. The largest absolute Gasteiger partial charge is 0.325 e. The first-order valence-electron chi connectivity index (χ1n) is 10.0. The van der Waals surface area contributed by atoms with Crippen molar-refractivity contribution in [3.8, 4) is 11.4 Å². The van der Waals surface area contributed by atoms with Gasteiger partial charge in [0, 0.05) is 28.1 Å². The van der Waals surface area contributed by atoms with Crippen molar-refractivity contribution in [3.05, 3.63) is 45.1 Å². The van der Waals surface area contributed by atoms with Gasteiger partial charge in [-0.05, 0) is 50.3 Å². The first-order valence-corrected chi connectivity index (χ1v) is 11.9. The number of thioether (sulfide) groups is 1. The predicted molar refractivity (Wildman–Crippen MR) is 123 cm³/mol. The zero-order valence-electron chi connectivity index (χ0n) is 17.7. The smallest absolute Gasteiger partial charge is 0.234 e. The molecule has 7 heteroatoms. The van der Waals surface area contributed by atoms with E-state index in [0.717, 1.165) is 41.6 Å². The van der Waals surface area contributed by atoms with Crippen molar-refractivity contribution < 1.29 is 4.79 Å². The van der Waals surface area contributed by atoms with Gasteiger partial charge < -0.3 is 9.88 Å². The number of nitrogens with zero attached hydrogens (tertiary/aromatic N) is 3. The van der Waals surface area contributed by atoms with Gasteiger partial charge in [0.25, 0.3) is 0 Å². The molecule has 0 saturated heterocycles. The summed E-state index contributed by atoms with van der Waals surface area (Å²) in [5.74, 6) is 1.17. The van der Waals surface area contributed by atoms with E-state index in [2.05, 4.69) is 78.3 Å². The molecule has 1 amide bonds. The van der Waals surface area contributed by atoms with Crippen LogP contribution in [0.5, 0.6) is 0 Å². The summed E-state index contributed by atoms with van der Waals surface area (Å²) in [6.07, 6.45) is 1.78. The Morgan fingerprint density at radius 2 is 1.83 bits per heavy atom. The molecule has 5 nitrogen and oxygen atoms in total. The minimum Gasteiger partial charge on any atom is -0.325 e. The fraction of sp³-hybridized carbons (Fsp3) is 0.409. The molecule has 3 aromatic rings. The van der Waals surface area contributed by atoms with Crippen LogP contribution in [0.1, 0.15) is 42.3 Å². The van der Waals surface area contributed by atoms with E-state index in [0.29, 0.717) is 5.75 Å². The Kier molecular flexibility index (Phi) is 7.14. The lowest BCUT2D eigenvalue weighted by Crippen LogP contribution is -2.17. The van der Waals surface area contributed by atoms with Gasteiger partial charge in [0.15, 0.2) is 11.0 Å². The summed E-state index contributed by atoms with van der Waals surface area (Å²) >= 11 is 3.16. The Morgan fingerprint density at radius 1 is 1.14 bits per heavy atom. The van der Waals surface area contributed by atoms with Gasteiger partial charge in [0.1, 0.15) is 0 Å². The number of nitrogens with one attached hydrogen (secondary N) is 1. The molecule has 1 N–H and O–H groups in total. The predicted octanol–water partition coefficient (Wildman–Crippen LogP) is 5.50. The summed E-state index contributed by atoms with van der Waals surface area (Å²) in [6, 6.07) is 6.21. The number of aryl methyl sites for hydroxylation is 3. The van der Waals surface area contributed by atoms with Crippen molar-refractivity contribution >= 4 is 34.7 Å². The lowest BCUT2D eigenvalue weighted by atomic mass is 10.0. The van der Waals surface area contributed by atoms with Gasteiger partial charge in [-0.2, -0.15) is 0 Å². The van der Waals surface area contributed by atoms with Crippen molar-refractivity contribution in [1.29, 1.82) is 0 Å². The molecule has 29 heavy (non-hydrogen) atoms. The van der Waals surface area contributed by atoms with Gasteiger partial charge >= 0.3 is 0 Å². The fourth-order valence-corrected chi connectivity index (χ4v) is 4.99. The molecule has 2 heterocycles. The van der Waals surface area contributed by atoms with Crippen LogP contribution in [0.15, 0.2) is 28.7 Å². The third-order valence-electron chi connectivity index (χ3n) is 5.16. The van der Waals surface area contributed by atoms with E-state index < -0.39 is 0 Å². The highest BCUT2D eigenvalue weighted by molar-refractivity contribution is 7.99. The van der Waals surface area contributed by atoms with E-state index in [-0.39, 0.29) is 5.91 Å². The molecule has 0 spiro atoms. The van der Waals surface area contributed by atoms with Gasteiger partial charge in [-0.3, -0.25) is 4.79 Å². The lowest BCUT2D eigenvalue weighted by molar-refractivity contribution is -0.113. The molecular formula is C22H28N4OS2. The van der Waals surface area contributed by atoms with E-state index in [4.69, 9.17) is 0 Å². The molecular weight excluding hydrogens is 400 g/mol. The van der Waals surface area contributed by atoms with Crippen molar-refractivity contribution in [2.24, 2.45) is 0 Å². The summed E-state index contributed by atoms with van der Waals surface area (Å²) in [5, 5.41) is 14.8. The number of para-hydroxylation sites is 1. The maximum absolute atomic E-state index is 12.7. The number of hydrogen-bond donors (Lipinski definition) is 1. The van der Waals surface area contributed by atoms with Crippen LogP contribution in [0.25, 0.3) is 11.4 Å². The SMILES string of the molecule is CCc1cccc(CC)c1NC(=O)CSc1nnc(-c2csc(C)c2C)n1CC. The van der Waals surface area contributed by atoms with Crippen LogP contribution in [0, 0.1) is 13.8 Å². The first-order chi connectivity index (χ1) is 14.0. The number of benzene rings is 1. The number of rotatable bonds is 8. The maximum Gasteiger partial charge on any atom is 0.234 e. The Morgan fingerprint density at radius 3 is 2.38 bits per heavy atom. The van der Waals surface area contributed by atoms with Crippen LogP contribution in [0.4, 0.5) is 5.69 Å². The summed E-state index contributed by atoms with van der Waals surface area (Å²) in [4.78, 5) is 14.0. The van der Waals surface area contributed by atoms with Crippen LogP contribution < -0.4 is 5.32 Å². The van der Waals surface area contributed by atoms with Gasteiger partial charge in [0.2, 0.25) is 5.91 Å². The van der Waals surface area contributed by atoms with E-state index >= 15 is 0 Å². The molecule has 154 valence electrons. The molecule has 0 saturated carbocycles. The van der Waals surface area contributed by atoms with Crippen LogP contribution in [0.3, 0.4) is 0 Å². The van der Waals surface area contributed by atoms with Crippen molar-refractivity contribution in [1.82, 2.24) is 14.8 Å². The standard InChI is InChI=1S/C22H28N4OS2/c1-6-16-10-9-11-17(7-2)20(16)23-19(27)13-29-22-25-24-21(26(22)8-3)18-12-28-15(5)14(18)4/h9-12H,6-8,13H2,1-5H3,(H,23,27). The molecule has 0 aliphatic carbocycles. The summed E-state index contributed by atoms with van der Waals surface area (Å²) < 4.78 is 2.09. The number of carbonyl (C=O) groups is 1. The van der Waals surface area contributed by atoms with Gasteiger partial charge in [-0.1, -0.05) is 43.8 Å². The highest BCUT2D eigenvalue weighted by Gasteiger charge is 2.18. The average Bonchev–Trinajstić information content (AvgIpc) is 3.29. The fourth-order valence-electron chi connectivity index (χ4n) is 3.32. The van der Waals surface area contributed by atoms with E-state index in [1.165, 1.54) is 33.3 Å². The Balaban J connectivity index is 1.74. The molecule has 2 aromatic heterocycles. The Bertz CT molecular complexity index is 984. The van der Waals surface area contributed by atoms with Crippen LogP contribution in [-0.2, 0) is 24.2 Å². The van der Waals surface area contributed by atoms with Crippen molar-refractivity contribution in [3.63, 3.8) is 0 Å². The summed E-state index contributed by atoms with van der Waals surface area (Å²) in [7, 11) is 0. The molecule has 0 bridgehead atoms. The van der Waals surface area contributed by atoms with Crippen molar-refractivity contribution in [2.75, 3.05) is 11.1 Å². The number of thiophene rings is 1. The minimum atomic E-state index is -0.0136. The number of aromatic nitrogens is 3. The lowest BCUT2D eigenvalue weighted by Gasteiger charge is -2.14. The average molecular weight is 429 g/mol. The molecule has 0 fully saturated rings. The molecule has 0 aliphatic rings. The second-order valence-corrected chi connectivity index (χ2v) is 8.90. The van der Waals surface area contributed by atoms with Crippen LogP contribution in [0.2, 0.25) is 0 Å². The number of amides is 1. The molecule has 0 aliphatic heterocycles. The van der Waals surface area contributed by atoms with Crippen molar-refractivity contribution in [2.45, 2.75) is 59.2 Å². The summed E-state index contributed by atoms with van der Waals surface area (Å²) in [5.41, 5.74) is 5.68. The molecule has 0 atom stereocenters. The monoisotopic (exact) mass is 428 g/mol. The first kappa shape index (κ1) is 21.6. The quantitative estimate of drug-likeness (QED) is 0.481. The maximum atomic E-state index is 12.7. The van der Waals surface area contributed by atoms with E-state index in [9.17, 15) is 4.79 Å². The minimum absolute atomic E-state index is 0.0136. The number of carbonyl (C=O) groups excluding carboxylic acids is 1. The topological polar surface area (TPSA) is 59.8 Å². The number of hydrogen-bond acceptors (Lipinski definition) is 5. The van der Waals surface area contributed by atoms with Crippen LogP contribution in [-0.4, -0.2) is 26.4 Å². The van der Waals surface area contributed by atoms with E-state index in [1.807, 2.05) is 0 Å². The molecule has 0 radical (unpaired) electrons. The third-order valence-corrected chi connectivity index (χ3v) is 7.14. The zero-order valence-corrected chi connectivity index (χ0v) is 19.3. The van der Waals surface area contributed by atoms with Gasteiger partial charge in [-0.25, -0.2) is 0 Å². The Labute approximate surface area is 180 Å². The second kappa shape index (κ2) is 9.59. The summed E-state index contributed by atoms with van der Waals surface area (Å²) in [6.45, 7) is 11.3. The molecule has 1 aromatic carbocycles. The molecule has 3 rings (SSSR count). The Hall–Kier alpha value is -2.12. The normalized spacial score (nSPS) is 11.1.